The number of nitrogens with zero attached hydrogens (tertiary/aromatic N) is 2. The van der Waals surface area contributed by atoms with Crippen LogP contribution in [-0.4, -0.2) is 29.6 Å². The zero-order chi connectivity index (χ0) is 20.2. The summed E-state index contributed by atoms with van der Waals surface area (Å²) in [6, 6.07) is 16.0. The molecule has 0 radical (unpaired) electrons. The number of ether oxygens (including phenoxy) is 1. The molecule has 3 aromatic rings. The van der Waals surface area contributed by atoms with E-state index in [4.69, 9.17) is 26.3 Å². The molecule has 6 heteroatoms. The van der Waals surface area contributed by atoms with Crippen LogP contribution in [0.1, 0.15) is 42.3 Å². The van der Waals surface area contributed by atoms with Crippen LogP contribution in [0.2, 0.25) is 5.02 Å². The van der Waals surface area contributed by atoms with Crippen LogP contribution < -0.4 is 5.32 Å². The van der Waals surface area contributed by atoms with Crippen molar-refractivity contribution in [3.8, 4) is 0 Å². The van der Waals surface area contributed by atoms with E-state index in [9.17, 15) is 4.79 Å². The van der Waals surface area contributed by atoms with Crippen LogP contribution in [0.25, 0.3) is 11.0 Å². The average molecular weight is 410 g/mol. The van der Waals surface area contributed by atoms with Crippen molar-refractivity contribution in [3.63, 3.8) is 0 Å². The van der Waals surface area contributed by atoms with Gasteiger partial charge in [-0.05, 0) is 42.5 Å². The second-order valence-electron chi connectivity index (χ2n) is 7.45. The fraction of sp³-hybridized carbons (Fsp3) is 0.348. The van der Waals surface area contributed by atoms with E-state index in [0.717, 1.165) is 35.3 Å². The molecule has 29 heavy (non-hydrogen) atoms. The molecule has 1 aliphatic carbocycles. The number of halogens is 1. The number of methoxy groups -OCH3 is 1. The second-order valence-corrected chi connectivity index (χ2v) is 7.88. The van der Waals surface area contributed by atoms with E-state index in [1.165, 1.54) is 12.7 Å². The van der Waals surface area contributed by atoms with Gasteiger partial charge in [0.1, 0.15) is 0 Å². The Morgan fingerprint density at radius 2 is 1.97 bits per heavy atom. The average Bonchev–Trinajstić information content (AvgIpc) is 3.57. The van der Waals surface area contributed by atoms with Crippen molar-refractivity contribution in [2.75, 3.05) is 13.7 Å². The standard InChI is InChI=1S/C23H24ClN3O2/c1-29-21(28)11-12-25-22(16-7-8-16)23-20(13-15-5-3-2-4-6-15)26-18-10-9-17(24)14-19(18)27-23/h2-6,9-10,14,16,22,25H,7-8,11-13H2,1H3. The van der Waals surface area contributed by atoms with Crippen molar-refractivity contribution in [2.24, 2.45) is 5.92 Å². The SMILES string of the molecule is COC(=O)CCNC(c1nc2cc(Cl)ccc2nc1Cc1ccccc1)C1CC1. The lowest BCUT2D eigenvalue weighted by atomic mass is 10.0. The van der Waals surface area contributed by atoms with E-state index in [2.05, 4.69) is 17.4 Å². The number of esters is 1. The van der Waals surface area contributed by atoms with E-state index in [0.29, 0.717) is 30.3 Å². The maximum Gasteiger partial charge on any atom is 0.306 e. The molecule has 1 heterocycles. The molecule has 0 aliphatic heterocycles. The van der Waals surface area contributed by atoms with Gasteiger partial charge in [-0.25, -0.2) is 9.97 Å². The molecule has 1 aromatic heterocycles. The Balaban J connectivity index is 1.70. The van der Waals surface area contributed by atoms with E-state index in [1.807, 2.05) is 36.4 Å². The van der Waals surface area contributed by atoms with Crippen molar-refractivity contribution in [2.45, 2.75) is 31.7 Å². The minimum atomic E-state index is -0.215. The lowest BCUT2D eigenvalue weighted by Crippen LogP contribution is -2.28. The van der Waals surface area contributed by atoms with Crippen LogP contribution in [0.4, 0.5) is 0 Å². The molecule has 2 aromatic carbocycles. The van der Waals surface area contributed by atoms with Gasteiger partial charge in [0.05, 0.1) is 42.0 Å². The van der Waals surface area contributed by atoms with Crippen LogP contribution in [-0.2, 0) is 16.0 Å². The summed E-state index contributed by atoms with van der Waals surface area (Å²) in [7, 11) is 1.41. The number of carbonyl (C=O) groups is 1. The van der Waals surface area contributed by atoms with Crippen LogP contribution >= 0.6 is 11.6 Å². The number of aromatic nitrogens is 2. The zero-order valence-corrected chi connectivity index (χ0v) is 17.2. The smallest absolute Gasteiger partial charge is 0.306 e. The number of hydrogen-bond donors (Lipinski definition) is 1. The Labute approximate surface area is 175 Å². The van der Waals surface area contributed by atoms with Crippen molar-refractivity contribution in [1.29, 1.82) is 0 Å². The first kappa shape index (κ1) is 19.8. The van der Waals surface area contributed by atoms with E-state index in [1.54, 1.807) is 0 Å². The third-order valence-electron chi connectivity index (χ3n) is 5.25. The van der Waals surface area contributed by atoms with Crippen LogP contribution in [0.5, 0.6) is 0 Å². The summed E-state index contributed by atoms with van der Waals surface area (Å²) in [4.78, 5) is 21.5. The summed E-state index contributed by atoms with van der Waals surface area (Å²) in [5, 5.41) is 4.18. The topological polar surface area (TPSA) is 64.1 Å². The van der Waals surface area contributed by atoms with Gasteiger partial charge in [-0.3, -0.25) is 4.79 Å². The molecule has 0 spiro atoms. The van der Waals surface area contributed by atoms with E-state index < -0.39 is 0 Å². The fourth-order valence-corrected chi connectivity index (χ4v) is 3.76. The summed E-state index contributed by atoms with van der Waals surface area (Å²) < 4.78 is 4.77. The highest BCUT2D eigenvalue weighted by atomic mass is 35.5. The molecule has 0 saturated heterocycles. The number of benzene rings is 2. The Morgan fingerprint density at radius 1 is 1.17 bits per heavy atom. The summed E-state index contributed by atoms with van der Waals surface area (Å²) in [6.45, 7) is 0.549. The van der Waals surface area contributed by atoms with Gasteiger partial charge >= 0.3 is 5.97 Å². The summed E-state index contributed by atoms with van der Waals surface area (Å²) >= 11 is 6.19. The van der Waals surface area contributed by atoms with E-state index in [-0.39, 0.29) is 12.0 Å². The Bertz CT molecular complexity index is 1010. The Hall–Kier alpha value is -2.50. The fourth-order valence-electron chi connectivity index (χ4n) is 3.59. The van der Waals surface area contributed by atoms with Gasteiger partial charge in [0.15, 0.2) is 0 Å². The molecule has 150 valence electrons. The normalized spacial score (nSPS) is 14.7. The van der Waals surface area contributed by atoms with Crippen molar-refractivity contribution < 1.29 is 9.53 Å². The lowest BCUT2D eigenvalue weighted by molar-refractivity contribution is -0.140. The molecule has 0 bridgehead atoms. The highest BCUT2D eigenvalue weighted by molar-refractivity contribution is 6.31. The number of carbonyl (C=O) groups excluding carboxylic acids is 1. The maximum absolute atomic E-state index is 11.5. The second kappa shape index (κ2) is 8.89. The molecule has 4 rings (SSSR count). The molecule has 1 fully saturated rings. The van der Waals surface area contributed by atoms with Crippen LogP contribution in [0.15, 0.2) is 48.5 Å². The van der Waals surface area contributed by atoms with E-state index >= 15 is 0 Å². The van der Waals surface area contributed by atoms with Gasteiger partial charge in [-0.2, -0.15) is 0 Å². The highest BCUT2D eigenvalue weighted by Gasteiger charge is 2.35. The molecular formula is C23H24ClN3O2. The zero-order valence-electron chi connectivity index (χ0n) is 16.4. The highest BCUT2D eigenvalue weighted by Crippen LogP contribution is 2.41. The van der Waals surface area contributed by atoms with Crippen molar-refractivity contribution in [1.82, 2.24) is 15.3 Å². The number of hydrogen-bond acceptors (Lipinski definition) is 5. The summed E-state index contributed by atoms with van der Waals surface area (Å²) in [5.41, 5.74) is 4.75. The first-order valence-corrected chi connectivity index (χ1v) is 10.3. The largest absolute Gasteiger partial charge is 0.469 e. The predicted octanol–water partition coefficient (Wildman–Crippen LogP) is 4.48. The molecule has 0 amide bonds. The quantitative estimate of drug-likeness (QED) is 0.556. The predicted molar refractivity (Wildman–Crippen MR) is 114 cm³/mol. The third-order valence-corrected chi connectivity index (χ3v) is 5.49. The van der Waals surface area contributed by atoms with Gasteiger partial charge in [0.2, 0.25) is 0 Å². The van der Waals surface area contributed by atoms with Gasteiger partial charge in [0.25, 0.3) is 0 Å². The van der Waals surface area contributed by atoms with Gasteiger partial charge in [-0.1, -0.05) is 41.9 Å². The van der Waals surface area contributed by atoms with Crippen LogP contribution in [0, 0.1) is 5.92 Å². The number of rotatable bonds is 8. The van der Waals surface area contributed by atoms with Gasteiger partial charge in [-0.15, -0.1) is 0 Å². The molecule has 1 atom stereocenters. The molecular weight excluding hydrogens is 386 g/mol. The van der Waals surface area contributed by atoms with Gasteiger partial charge in [0, 0.05) is 18.0 Å². The first-order chi connectivity index (χ1) is 14.1. The summed E-state index contributed by atoms with van der Waals surface area (Å²) in [6.07, 6.45) is 3.34. The maximum atomic E-state index is 11.5. The molecule has 1 N–H and O–H groups in total. The first-order valence-electron chi connectivity index (χ1n) is 9.94. The Kier molecular flexibility index (Phi) is 6.07. The third kappa shape index (κ3) is 4.92. The monoisotopic (exact) mass is 409 g/mol. The molecule has 5 nitrogen and oxygen atoms in total. The van der Waals surface area contributed by atoms with Crippen molar-refractivity contribution in [3.05, 3.63) is 70.5 Å². The molecule has 1 saturated carbocycles. The number of fused-ring (bicyclic) bond motifs is 1. The summed E-state index contributed by atoms with van der Waals surface area (Å²) in [5.74, 6) is 0.293. The van der Waals surface area contributed by atoms with Crippen LogP contribution in [0.3, 0.4) is 0 Å². The number of nitrogens with one attached hydrogen (secondary N) is 1. The van der Waals surface area contributed by atoms with Gasteiger partial charge < -0.3 is 10.1 Å². The molecule has 1 aliphatic rings. The minimum absolute atomic E-state index is 0.0641. The molecule has 1 unspecified atom stereocenters. The minimum Gasteiger partial charge on any atom is -0.469 e. The lowest BCUT2D eigenvalue weighted by Gasteiger charge is -2.21. The van der Waals surface area contributed by atoms with Crippen molar-refractivity contribution >= 4 is 28.6 Å². The Morgan fingerprint density at radius 3 is 2.69 bits per heavy atom.